The first-order valence-electron chi connectivity index (χ1n) is 12.4. The maximum Gasteiger partial charge on any atom is 0.490 e. The van der Waals surface area contributed by atoms with Gasteiger partial charge in [-0.3, -0.25) is 9.69 Å². The van der Waals surface area contributed by atoms with Gasteiger partial charge in [0.25, 0.3) is 0 Å². The van der Waals surface area contributed by atoms with Crippen LogP contribution in [0.15, 0.2) is 48.5 Å². The highest BCUT2D eigenvalue weighted by Gasteiger charge is 2.38. The number of hydrogen-bond donors (Lipinski definition) is 2. The molecule has 8 nitrogen and oxygen atoms in total. The van der Waals surface area contributed by atoms with Crippen molar-refractivity contribution in [1.29, 1.82) is 0 Å². The fourth-order valence-corrected chi connectivity index (χ4v) is 3.91. The van der Waals surface area contributed by atoms with Gasteiger partial charge in [-0.25, -0.2) is 14.0 Å². The van der Waals surface area contributed by atoms with E-state index in [-0.39, 0.29) is 17.6 Å². The Morgan fingerprint density at radius 3 is 2.13 bits per heavy atom. The number of hydrogen-bond acceptors (Lipinski definition) is 5. The number of alkyl halides is 3. The number of piperidine rings is 1. The SMILES string of the molecule is CCOc1ccc(CNC(=O)N(C)CC2CCN(CC(=O)c3ccc(F)cc3)CC2)cc1.O=C(O)C(F)(F)F. The van der Waals surface area contributed by atoms with Crippen LogP contribution in [-0.4, -0.2) is 78.7 Å². The molecule has 2 N–H and O–H groups in total. The van der Waals surface area contributed by atoms with Crippen LogP contribution in [0.4, 0.5) is 22.4 Å². The number of rotatable bonds is 9. The van der Waals surface area contributed by atoms with Crippen LogP contribution in [0.2, 0.25) is 0 Å². The molecule has 2 aromatic carbocycles. The molecule has 0 radical (unpaired) electrons. The Kier molecular flexibility index (Phi) is 12.2. The number of carbonyl (C=O) groups is 3. The van der Waals surface area contributed by atoms with E-state index in [0.717, 1.165) is 37.2 Å². The summed E-state index contributed by atoms with van der Waals surface area (Å²) in [6, 6.07) is 13.3. The van der Waals surface area contributed by atoms with Gasteiger partial charge in [-0.1, -0.05) is 12.1 Å². The summed E-state index contributed by atoms with van der Waals surface area (Å²) < 4.78 is 50.2. The number of likely N-dealkylation sites (tertiary alicyclic amines) is 1. The summed E-state index contributed by atoms with van der Waals surface area (Å²) >= 11 is 0. The zero-order valence-electron chi connectivity index (χ0n) is 21.8. The lowest BCUT2D eigenvalue weighted by Gasteiger charge is -2.33. The molecular formula is C27H33F4N3O5. The number of aliphatic carboxylic acids is 1. The standard InChI is InChI=1S/C25H32FN3O3.C2HF3O2/c1-3-32-23-10-4-19(5-11-23)16-27-25(31)28(2)17-20-12-14-29(15-13-20)18-24(30)21-6-8-22(26)9-7-21;3-2(4,5)1(6)7/h4-11,20H,3,12-18H2,1-2H3,(H,27,31);(H,6,7). The molecule has 0 saturated carbocycles. The summed E-state index contributed by atoms with van der Waals surface area (Å²) in [5.41, 5.74) is 1.56. The Hall–Kier alpha value is -3.67. The number of Topliss-reactive ketones (excluding diaryl/α,β-unsaturated/α-hetero) is 1. The van der Waals surface area contributed by atoms with Crippen LogP contribution in [-0.2, 0) is 11.3 Å². The molecular weight excluding hydrogens is 522 g/mol. The fourth-order valence-electron chi connectivity index (χ4n) is 3.91. The molecule has 3 rings (SSSR count). The number of carboxylic acid groups (broad SMARTS) is 1. The lowest BCUT2D eigenvalue weighted by atomic mass is 9.96. The quantitative estimate of drug-likeness (QED) is 0.347. The number of carbonyl (C=O) groups excluding carboxylic acids is 2. The highest BCUT2D eigenvalue weighted by atomic mass is 19.4. The van der Waals surface area contributed by atoms with Gasteiger partial charge in [0.15, 0.2) is 5.78 Å². The van der Waals surface area contributed by atoms with Gasteiger partial charge in [0.1, 0.15) is 11.6 Å². The van der Waals surface area contributed by atoms with Crippen molar-refractivity contribution in [3.05, 3.63) is 65.5 Å². The lowest BCUT2D eigenvalue weighted by molar-refractivity contribution is -0.192. The minimum Gasteiger partial charge on any atom is -0.494 e. The molecule has 1 heterocycles. The molecule has 2 amide bonds. The summed E-state index contributed by atoms with van der Waals surface area (Å²) in [5.74, 6) is -1.85. The minimum absolute atomic E-state index is 0.00855. The van der Waals surface area contributed by atoms with E-state index in [1.807, 2.05) is 38.2 Å². The van der Waals surface area contributed by atoms with E-state index < -0.39 is 12.1 Å². The molecule has 0 aliphatic carbocycles. The summed E-state index contributed by atoms with van der Waals surface area (Å²) in [6.07, 6.45) is -3.21. The Labute approximate surface area is 224 Å². The van der Waals surface area contributed by atoms with E-state index in [0.29, 0.717) is 37.7 Å². The van der Waals surface area contributed by atoms with Gasteiger partial charge in [0, 0.05) is 25.7 Å². The average Bonchev–Trinajstić information content (AvgIpc) is 2.89. The molecule has 0 bridgehead atoms. The first-order chi connectivity index (χ1) is 18.4. The van der Waals surface area contributed by atoms with Gasteiger partial charge in [-0.05, 0) is 80.7 Å². The van der Waals surface area contributed by atoms with Crippen LogP contribution in [0.1, 0.15) is 35.7 Å². The number of ketones is 1. The van der Waals surface area contributed by atoms with Gasteiger partial charge in [0.2, 0.25) is 0 Å². The fraction of sp³-hybridized carbons (Fsp3) is 0.444. The van der Waals surface area contributed by atoms with E-state index >= 15 is 0 Å². The molecule has 1 aliphatic rings. The largest absolute Gasteiger partial charge is 0.494 e. The Morgan fingerprint density at radius 1 is 1.05 bits per heavy atom. The van der Waals surface area contributed by atoms with E-state index in [1.54, 1.807) is 4.90 Å². The van der Waals surface area contributed by atoms with E-state index in [9.17, 15) is 27.2 Å². The van der Waals surface area contributed by atoms with Crippen molar-refractivity contribution >= 4 is 17.8 Å². The summed E-state index contributed by atoms with van der Waals surface area (Å²) in [7, 11) is 1.82. The Bertz CT molecular complexity index is 1070. The second kappa shape index (κ2) is 15.1. The predicted octanol–water partition coefficient (Wildman–Crippen LogP) is 4.59. The van der Waals surface area contributed by atoms with E-state index in [2.05, 4.69) is 10.2 Å². The molecule has 1 aliphatic heterocycles. The monoisotopic (exact) mass is 555 g/mol. The summed E-state index contributed by atoms with van der Waals surface area (Å²) in [4.78, 5) is 37.6. The highest BCUT2D eigenvalue weighted by molar-refractivity contribution is 5.97. The molecule has 1 saturated heterocycles. The maximum absolute atomic E-state index is 13.0. The third kappa shape index (κ3) is 11.3. The summed E-state index contributed by atoms with van der Waals surface area (Å²) in [5, 5.41) is 10.1. The predicted molar refractivity (Wildman–Crippen MR) is 136 cm³/mol. The van der Waals surface area contributed by atoms with Crippen LogP contribution in [0, 0.1) is 11.7 Å². The molecule has 214 valence electrons. The van der Waals surface area contributed by atoms with Gasteiger partial charge in [-0.15, -0.1) is 0 Å². The van der Waals surface area contributed by atoms with Crippen LogP contribution in [0.3, 0.4) is 0 Å². The van der Waals surface area contributed by atoms with Crippen LogP contribution < -0.4 is 10.1 Å². The lowest BCUT2D eigenvalue weighted by Crippen LogP contribution is -2.43. The van der Waals surface area contributed by atoms with Gasteiger partial charge >= 0.3 is 18.2 Å². The van der Waals surface area contributed by atoms with Crippen molar-refractivity contribution in [2.45, 2.75) is 32.5 Å². The van der Waals surface area contributed by atoms with E-state index in [1.165, 1.54) is 24.3 Å². The number of urea groups is 1. The zero-order chi connectivity index (χ0) is 29.0. The van der Waals surface area contributed by atoms with Crippen molar-refractivity contribution < 1.29 is 41.8 Å². The molecule has 0 aromatic heterocycles. The van der Waals surface area contributed by atoms with Crippen molar-refractivity contribution in [2.75, 3.05) is 39.8 Å². The van der Waals surface area contributed by atoms with Crippen molar-refractivity contribution in [3.63, 3.8) is 0 Å². The van der Waals surface area contributed by atoms with Gasteiger partial charge in [0.05, 0.1) is 13.2 Å². The van der Waals surface area contributed by atoms with Crippen molar-refractivity contribution in [3.8, 4) is 5.75 Å². The highest BCUT2D eigenvalue weighted by Crippen LogP contribution is 2.19. The molecule has 0 unspecified atom stereocenters. The Morgan fingerprint density at radius 2 is 1.62 bits per heavy atom. The smallest absolute Gasteiger partial charge is 0.490 e. The second-order valence-corrected chi connectivity index (χ2v) is 9.07. The second-order valence-electron chi connectivity index (χ2n) is 9.07. The van der Waals surface area contributed by atoms with Crippen LogP contribution in [0.25, 0.3) is 0 Å². The first-order valence-corrected chi connectivity index (χ1v) is 12.4. The van der Waals surface area contributed by atoms with Crippen LogP contribution in [0.5, 0.6) is 5.75 Å². The molecule has 39 heavy (non-hydrogen) atoms. The van der Waals surface area contributed by atoms with Crippen molar-refractivity contribution in [2.24, 2.45) is 5.92 Å². The third-order valence-corrected chi connectivity index (χ3v) is 6.04. The number of amides is 2. The van der Waals surface area contributed by atoms with Gasteiger partial charge < -0.3 is 20.1 Å². The van der Waals surface area contributed by atoms with Gasteiger partial charge in [-0.2, -0.15) is 13.2 Å². The zero-order valence-corrected chi connectivity index (χ0v) is 21.8. The molecule has 1 fully saturated rings. The molecule has 0 spiro atoms. The number of carboxylic acids is 1. The third-order valence-electron chi connectivity index (χ3n) is 6.04. The number of nitrogens with one attached hydrogen (secondary N) is 1. The molecule has 12 heteroatoms. The minimum atomic E-state index is -5.08. The first kappa shape index (κ1) is 31.5. The number of benzene rings is 2. The molecule has 0 atom stereocenters. The maximum atomic E-state index is 13.0. The van der Waals surface area contributed by atoms with E-state index in [4.69, 9.17) is 14.6 Å². The van der Waals surface area contributed by atoms with Crippen LogP contribution >= 0.6 is 0 Å². The Balaban J connectivity index is 0.000000673. The number of nitrogens with zero attached hydrogens (tertiary/aromatic N) is 2. The number of halogens is 4. The summed E-state index contributed by atoms with van der Waals surface area (Å²) in [6.45, 7) is 5.72. The average molecular weight is 556 g/mol. The number of ether oxygens (including phenoxy) is 1. The molecule has 2 aromatic rings. The van der Waals surface area contributed by atoms with Crippen molar-refractivity contribution in [1.82, 2.24) is 15.1 Å². The normalized spacial score (nSPS) is 14.1. The topological polar surface area (TPSA) is 99.2 Å².